The van der Waals surface area contributed by atoms with Gasteiger partial charge in [-0.15, -0.1) is 11.3 Å². The van der Waals surface area contributed by atoms with E-state index in [9.17, 15) is 4.79 Å². The summed E-state index contributed by atoms with van der Waals surface area (Å²) in [5.41, 5.74) is 5.76. The zero-order valence-corrected chi connectivity index (χ0v) is 10.8. The summed E-state index contributed by atoms with van der Waals surface area (Å²) in [7, 11) is 1.72. The second kappa shape index (κ2) is 5.62. The molecule has 0 aromatic carbocycles. The second-order valence-electron chi connectivity index (χ2n) is 4.25. The van der Waals surface area contributed by atoms with E-state index in [4.69, 9.17) is 10.5 Å². The molecule has 2 atom stereocenters. The molecule has 2 unspecified atom stereocenters. The van der Waals surface area contributed by atoms with E-state index < -0.39 is 0 Å². The average Bonchev–Trinajstić information content (AvgIpc) is 2.91. The van der Waals surface area contributed by atoms with Gasteiger partial charge in [0.15, 0.2) is 0 Å². The molecule has 1 aliphatic rings. The van der Waals surface area contributed by atoms with Crippen molar-refractivity contribution in [2.45, 2.75) is 25.0 Å². The van der Waals surface area contributed by atoms with Gasteiger partial charge in [-0.05, 0) is 24.3 Å². The highest BCUT2D eigenvalue weighted by molar-refractivity contribution is 7.12. The number of carbonyl (C=O) groups excluding carboxylic acids is 1. The molecule has 4 nitrogen and oxygen atoms in total. The molecule has 0 aliphatic carbocycles. The first-order chi connectivity index (χ1) is 8.26. The van der Waals surface area contributed by atoms with Crippen molar-refractivity contribution in [1.82, 2.24) is 4.90 Å². The van der Waals surface area contributed by atoms with Gasteiger partial charge in [0, 0.05) is 26.2 Å². The van der Waals surface area contributed by atoms with Crippen molar-refractivity contribution in [3.63, 3.8) is 0 Å². The monoisotopic (exact) mass is 254 g/mol. The second-order valence-corrected chi connectivity index (χ2v) is 5.20. The maximum atomic E-state index is 12.3. The van der Waals surface area contributed by atoms with Crippen LogP contribution >= 0.6 is 11.3 Å². The molecule has 1 saturated heterocycles. The minimum Gasteiger partial charge on any atom is -0.381 e. The molecule has 94 valence electrons. The molecule has 1 aromatic heterocycles. The molecule has 17 heavy (non-hydrogen) atoms. The van der Waals surface area contributed by atoms with Crippen molar-refractivity contribution >= 4 is 17.2 Å². The fourth-order valence-electron chi connectivity index (χ4n) is 2.26. The Hall–Kier alpha value is -0.910. The molecule has 1 aliphatic heterocycles. The van der Waals surface area contributed by atoms with E-state index in [1.54, 1.807) is 7.11 Å². The highest BCUT2D eigenvalue weighted by Gasteiger charge is 2.31. The Morgan fingerprint density at radius 2 is 2.53 bits per heavy atom. The molecule has 5 heteroatoms. The SMILES string of the molecule is COC1CCN(C(=O)c2cccs2)C(CN)C1. The Morgan fingerprint density at radius 3 is 3.12 bits per heavy atom. The summed E-state index contributed by atoms with van der Waals surface area (Å²) in [6.45, 7) is 1.23. The molecule has 0 radical (unpaired) electrons. The predicted octanol–water partition coefficient (Wildman–Crippen LogP) is 1.33. The van der Waals surface area contributed by atoms with E-state index in [2.05, 4.69) is 0 Å². The normalized spacial score (nSPS) is 24.9. The number of methoxy groups -OCH3 is 1. The van der Waals surface area contributed by atoms with Gasteiger partial charge in [0.25, 0.3) is 5.91 Å². The van der Waals surface area contributed by atoms with Crippen LogP contribution in [0.2, 0.25) is 0 Å². The van der Waals surface area contributed by atoms with E-state index in [0.29, 0.717) is 6.54 Å². The van der Waals surface area contributed by atoms with Gasteiger partial charge < -0.3 is 15.4 Å². The smallest absolute Gasteiger partial charge is 0.264 e. The van der Waals surface area contributed by atoms with E-state index in [1.165, 1.54) is 11.3 Å². The summed E-state index contributed by atoms with van der Waals surface area (Å²) >= 11 is 1.48. The first-order valence-electron chi connectivity index (χ1n) is 5.83. The van der Waals surface area contributed by atoms with Crippen LogP contribution in [0.1, 0.15) is 22.5 Å². The van der Waals surface area contributed by atoms with Crippen LogP contribution in [0.4, 0.5) is 0 Å². The van der Waals surface area contributed by atoms with Gasteiger partial charge in [-0.25, -0.2) is 0 Å². The summed E-state index contributed by atoms with van der Waals surface area (Å²) in [6, 6.07) is 3.86. The van der Waals surface area contributed by atoms with Crippen molar-refractivity contribution in [2.24, 2.45) is 5.73 Å². The number of rotatable bonds is 3. The number of hydrogen-bond acceptors (Lipinski definition) is 4. The van der Waals surface area contributed by atoms with Crippen LogP contribution < -0.4 is 5.73 Å². The highest BCUT2D eigenvalue weighted by Crippen LogP contribution is 2.22. The lowest BCUT2D eigenvalue weighted by Crippen LogP contribution is -2.51. The molecule has 2 heterocycles. The Labute approximate surface area is 105 Å². The first kappa shape index (κ1) is 12.5. The Morgan fingerprint density at radius 1 is 1.71 bits per heavy atom. The van der Waals surface area contributed by atoms with Gasteiger partial charge in [0.2, 0.25) is 0 Å². The topological polar surface area (TPSA) is 55.6 Å². The van der Waals surface area contributed by atoms with E-state index in [-0.39, 0.29) is 18.1 Å². The summed E-state index contributed by atoms with van der Waals surface area (Å²) < 4.78 is 5.35. The van der Waals surface area contributed by atoms with E-state index in [1.807, 2.05) is 22.4 Å². The fraction of sp³-hybridized carbons (Fsp3) is 0.583. The van der Waals surface area contributed by atoms with Crippen molar-refractivity contribution in [3.05, 3.63) is 22.4 Å². The molecule has 0 spiro atoms. The Bertz CT molecular complexity index is 367. The number of thiophene rings is 1. The van der Waals surface area contributed by atoms with Crippen LogP contribution in [0.5, 0.6) is 0 Å². The minimum absolute atomic E-state index is 0.100. The zero-order chi connectivity index (χ0) is 12.3. The summed E-state index contributed by atoms with van der Waals surface area (Å²) in [4.78, 5) is 14.9. The van der Waals surface area contributed by atoms with Crippen molar-refractivity contribution in [1.29, 1.82) is 0 Å². The van der Waals surface area contributed by atoms with Gasteiger partial charge in [-0.3, -0.25) is 4.79 Å². The molecule has 2 rings (SSSR count). The Balaban J connectivity index is 2.07. The molecule has 1 amide bonds. The minimum atomic E-state index is 0.100. The van der Waals surface area contributed by atoms with Gasteiger partial charge >= 0.3 is 0 Å². The number of carbonyl (C=O) groups is 1. The molecule has 0 bridgehead atoms. The third-order valence-electron chi connectivity index (χ3n) is 3.27. The van der Waals surface area contributed by atoms with Crippen LogP contribution in [-0.2, 0) is 4.74 Å². The molecule has 1 aromatic rings. The number of likely N-dealkylation sites (tertiary alicyclic amines) is 1. The van der Waals surface area contributed by atoms with E-state index >= 15 is 0 Å². The van der Waals surface area contributed by atoms with Gasteiger partial charge in [-0.1, -0.05) is 6.07 Å². The largest absolute Gasteiger partial charge is 0.381 e. The van der Waals surface area contributed by atoms with Crippen LogP contribution in [0, 0.1) is 0 Å². The lowest BCUT2D eigenvalue weighted by molar-refractivity contribution is 0.0141. The van der Waals surface area contributed by atoms with Crippen LogP contribution in [0.25, 0.3) is 0 Å². The number of piperidine rings is 1. The van der Waals surface area contributed by atoms with Crippen LogP contribution in [-0.4, -0.2) is 43.2 Å². The predicted molar refractivity (Wildman–Crippen MR) is 68.2 cm³/mol. The standard InChI is InChI=1S/C12H18N2O2S/c1-16-10-4-5-14(9(7-10)8-13)12(15)11-3-2-6-17-11/h2-3,6,9-10H,4-5,7-8,13H2,1H3. The molecular formula is C12H18N2O2S. The van der Waals surface area contributed by atoms with E-state index in [0.717, 1.165) is 24.3 Å². The Kier molecular flexibility index (Phi) is 4.15. The summed E-state index contributed by atoms with van der Waals surface area (Å²) in [6.07, 6.45) is 1.96. The van der Waals surface area contributed by atoms with Crippen molar-refractivity contribution in [2.75, 3.05) is 20.2 Å². The van der Waals surface area contributed by atoms with Gasteiger partial charge in [-0.2, -0.15) is 0 Å². The number of hydrogen-bond donors (Lipinski definition) is 1. The van der Waals surface area contributed by atoms with Crippen molar-refractivity contribution in [3.8, 4) is 0 Å². The number of nitrogens with two attached hydrogens (primary N) is 1. The number of nitrogens with zero attached hydrogens (tertiary/aromatic N) is 1. The van der Waals surface area contributed by atoms with Crippen LogP contribution in [0.15, 0.2) is 17.5 Å². The van der Waals surface area contributed by atoms with Gasteiger partial charge in [0.05, 0.1) is 11.0 Å². The molecule has 0 saturated carbocycles. The number of amides is 1. The molecule has 2 N–H and O–H groups in total. The third-order valence-corrected chi connectivity index (χ3v) is 4.12. The first-order valence-corrected chi connectivity index (χ1v) is 6.71. The quantitative estimate of drug-likeness (QED) is 0.885. The summed E-state index contributed by atoms with van der Waals surface area (Å²) in [5, 5.41) is 1.92. The fourth-order valence-corrected chi connectivity index (χ4v) is 2.94. The average molecular weight is 254 g/mol. The van der Waals surface area contributed by atoms with Crippen LogP contribution in [0.3, 0.4) is 0 Å². The van der Waals surface area contributed by atoms with Gasteiger partial charge in [0.1, 0.15) is 0 Å². The third kappa shape index (κ3) is 2.68. The van der Waals surface area contributed by atoms with Crippen molar-refractivity contribution < 1.29 is 9.53 Å². The number of ether oxygens (including phenoxy) is 1. The molecular weight excluding hydrogens is 236 g/mol. The molecule has 1 fully saturated rings. The maximum absolute atomic E-state index is 12.3. The maximum Gasteiger partial charge on any atom is 0.264 e. The highest BCUT2D eigenvalue weighted by atomic mass is 32.1. The summed E-state index contributed by atoms with van der Waals surface area (Å²) in [5.74, 6) is 0.102. The zero-order valence-electron chi connectivity index (χ0n) is 9.96. The lowest BCUT2D eigenvalue weighted by Gasteiger charge is -2.38. The lowest BCUT2D eigenvalue weighted by atomic mass is 9.99.